The summed E-state index contributed by atoms with van der Waals surface area (Å²) >= 11 is 1.16. The molecule has 0 aromatic heterocycles. The van der Waals surface area contributed by atoms with Crippen LogP contribution in [0.1, 0.15) is 5.56 Å². The Bertz CT molecular complexity index is 598. The van der Waals surface area contributed by atoms with Gasteiger partial charge in [-0.1, -0.05) is 30.3 Å². The first kappa shape index (κ1) is 17.3. The number of nitrogens with zero attached hydrogens (tertiary/aromatic N) is 1. The van der Waals surface area contributed by atoms with Crippen LogP contribution >= 0.6 is 11.8 Å². The van der Waals surface area contributed by atoms with Gasteiger partial charge in [-0.05, 0) is 5.56 Å². The number of amides is 2. The Labute approximate surface area is 153 Å². The molecule has 1 N–H and O–H groups in total. The molecule has 1 aromatic carbocycles. The summed E-state index contributed by atoms with van der Waals surface area (Å²) in [6.45, 7) is 0.154. The topological polar surface area (TPSA) is 89.5 Å². The molecule has 2 heterocycles. The van der Waals surface area contributed by atoms with E-state index in [0.29, 0.717) is 0 Å². The smallest absolute Gasteiger partial charge is 0.549 e. The molecule has 1 aromatic rings. The third-order valence-electron chi connectivity index (χ3n) is 3.59. The number of rotatable bonds is 4. The van der Waals surface area contributed by atoms with Crippen molar-refractivity contribution in [1.29, 1.82) is 0 Å². The van der Waals surface area contributed by atoms with E-state index in [1.165, 1.54) is 4.90 Å². The predicted molar refractivity (Wildman–Crippen MR) is 74.0 cm³/mol. The van der Waals surface area contributed by atoms with Crippen LogP contribution in [-0.4, -0.2) is 45.9 Å². The van der Waals surface area contributed by atoms with Crippen molar-refractivity contribution in [1.82, 2.24) is 10.2 Å². The summed E-state index contributed by atoms with van der Waals surface area (Å²) in [5, 5.41) is 12.5. The number of fused-ring (bicyclic) bond motifs is 1. The minimum atomic E-state index is -1.17. The van der Waals surface area contributed by atoms with Crippen molar-refractivity contribution in [3.05, 3.63) is 35.9 Å². The molecule has 0 aliphatic carbocycles. The van der Waals surface area contributed by atoms with Crippen molar-refractivity contribution in [2.24, 2.45) is 0 Å². The zero-order chi connectivity index (χ0) is 15.0. The number of nitrogens with one attached hydrogen (secondary N) is 1. The van der Waals surface area contributed by atoms with E-state index >= 15 is 0 Å². The number of hydrogen-bond donors (Lipinski definition) is 1. The minimum Gasteiger partial charge on any atom is -0.549 e. The summed E-state index contributed by atoms with van der Waals surface area (Å²) in [7, 11) is 0. The Kier molecular flexibility index (Phi) is 5.55. The molecular weight excluding hydrogens is 315 g/mol. The third-order valence-corrected chi connectivity index (χ3v) is 5.07. The van der Waals surface area contributed by atoms with E-state index in [1.54, 1.807) is 0 Å². The number of hydrogen-bond acceptors (Lipinski definition) is 5. The molecule has 2 aliphatic rings. The Morgan fingerprint density at radius 3 is 2.64 bits per heavy atom. The van der Waals surface area contributed by atoms with Gasteiger partial charge in [0.2, 0.25) is 11.8 Å². The van der Waals surface area contributed by atoms with Gasteiger partial charge in [-0.3, -0.25) is 9.59 Å². The quantitative estimate of drug-likeness (QED) is 0.447. The van der Waals surface area contributed by atoms with Crippen molar-refractivity contribution in [2.75, 3.05) is 6.54 Å². The van der Waals surface area contributed by atoms with Crippen LogP contribution in [0.25, 0.3) is 0 Å². The minimum absolute atomic E-state index is 0. The van der Waals surface area contributed by atoms with E-state index < -0.39 is 17.3 Å². The number of β-lactam (4-membered cyclic amide) rings is 1. The first-order valence-corrected chi connectivity index (χ1v) is 7.50. The fraction of sp³-hybridized carbons (Fsp3) is 0.357. The molecule has 0 spiro atoms. The molecule has 2 saturated heterocycles. The van der Waals surface area contributed by atoms with E-state index in [0.717, 1.165) is 17.3 Å². The van der Waals surface area contributed by atoms with Crippen LogP contribution in [-0.2, 0) is 20.8 Å². The number of carbonyl (C=O) groups is 3. The molecule has 0 bridgehead atoms. The summed E-state index contributed by atoms with van der Waals surface area (Å²) < 4.78 is 0. The van der Waals surface area contributed by atoms with Gasteiger partial charge in [-0.15, -0.1) is 11.8 Å². The monoisotopic (exact) mass is 328 g/mol. The average Bonchev–Trinajstić information content (AvgIpc) is 2.87. The number of benzene rings is 1. The summed E-state index contributed by atoms with van der Waals surface area (Å²) in [5.74, 6) is -1.63. The summed E-state index contributed by atoms with van der Waals surface area (Å²) in [6, 6.07) is 8.60. The summed E-state index contributed by atoms with van der Waals surface area (Å²) in [4.78, 5) is 36.1. The first-order chi connectivity index (χ1) is 10.1. The second-order valence-corrected chi connectivity index (χ2v) is 6.36. The fourth-order valence-corrected chi connectivity index (χ4v) is 3.90. The molecule has 2 fully saturated rings. The Hall–Kier alpha value is -1.02. The zero-order valence-electron chi connectivity index (χ0n) is 12.0. The van der Waals surface area contributed by atoms with E-state index in [1.807, 2.05) is 30.3 Å². The van der Waals surface area contributed by atoms with Crippen LogP contribution in [0.15, 0.2) is 30.3 Å². The Morgan fingerprint density at radius 1 is 1.32 bits per heavy atom. The number of aliphatic carboxylic acids is 1. The standard InChI is InChI=1S/C14H14N2O4S.Na/c17-10(6-8-4-2-1-3-5-8)15-11-12(18)16-7-9(14(19)20)21-13(11)16;/h1-5,9,11,13H,6-7H2,(H,15,17)(H,19,20);/q;+1/p-1/t9?,11-,13-;/m1./s1. The van der Waals surface area contributed by atoms with Crippen LogP contribution < -0.4 is 40.0 Å². The van der Waals surface area contributed by atoms with Gasteiger partial charge in [0.15, 0.2) is 0 Å². The third kappa shape index (κ3) is 3.32. The maximum Gasteiger partial charge on any atom is 1.00 e. The molecule has 2 amide bonds. The molecule has 8 heteroatoms. The van der Waals surface area contributed by atoms with Crippen molar-refractivity contribution >= 4 is 29.5 Å². The molecule has 110 valence electrons. The Balaban J connectivity index is 0.00000176. The van der Waals surface area contributed by atoms with E-state index in [4.69, 9.17) is 0 Å². The largest absolute Gasteiger partial charge is 1.00 e. The van der Waals surface area contributed by atoms with Crippen molar-refractivity contribution < 1.29 is 49.0 Å². The van der Waals surface area contributed by atoms with Gasteiger partial charge in [-0.25, -0.2) is 0 Å². The van der Waals surface area contributed by atoms with Crippen LogP contribution in [0.3, 0.4) is 0 Å². The van der Waals surface area contributed by atoms with Crippen molar-refractivity contribution in [3.8, 4) is 0 Å². The van der Waals surface area contributed by atoms with Gasteiger partial charge in [0, 0.05) is 6.54 Å². The van der Waals surface area contributed by atoms with Gasteiger partial charge in [-0.2, -0.15) is 0 Å². The van der Waals surface area contributed by atoms with Crippen molar-refractivity contribution in [2.45, 2.75) is 23.1 Å². The molecule has 3 rings (SSSR count). The van der Waals surface area contributed by atoms with E-state index in [2.05, 4.69) is 5.32 Å². The average molecular weight is 328 g/mol. The van der Waals surface area contributed by atoms with Crippen LogP contribution in [0.2, 0.25) is 0 Å². The van der Waals surface area contributed by atoms with Gasteiger partial charge in [0.1, 0.15) is 11.4 Å². The van der Waals surface area contributed by atoms with E-state index in [9.17, 15) is 19.5 Å². The summed E-state index contributed by atoms with van der Waals surface area (Å²) in [5.41, 5.74) is 0.866. The van der Waals surface area contributed by atoms with Gasteiger partial charge in [0.05, 0.1) is 17.6 Å². The second-order valence-electron chi connectivity index (χ2n) is 5.03. The Morgan fingerprint density at radius 2 is 2.00 bits per heavy atom. The molecular formula is C14H13N2NaO4S. The van der Waals surface area contributed by atoms with Gasteiger partial charge >= 0.3 is 29.6 Å². The number of carbonyl (C=O) groups excluding carboxylic acids is 3. The van der Waals surface area contributed by atoms with Crippen LogP contribution in [0.5, 0.6) is 0 Å². The molecule has 3 atom stereocenters. The molecule has 6 nitrogen and oxygen atoms in total. The second kappa shape index (κ2) is 7.04. The van der Waals surface area contributed by atoms with Crippen molar-refractivity contribution in [3.63, 3.8) is 0 Å². The maximum absolute atomic E-state index is 11.9. The molecule has 2 aliphatic heterocycles. The number of carboxylic acids is 1. The zero-order valence-corrected chi connectivity index (χ0v) is 14.8. The molecule has 0 saturated carbocycles. The first-order valence-electron chi connectivity index (χ1n) is 6.56. The SMILES string of the molecule is O=C(Cc1ccccc1)N[C@@H]1C(=O)N2CC(C(=O)[O-])S[C@H]12.[Na+]. The fourth-order valence-electron chi connectivity index (χ4n) is 2.53. The van der Waals surface area contributed by atoms with Crippen LogP contribution in [0.4, 0.5) is 0 Å². The van der Waals surface area contributed by atoms with Gasteiger partial charge in [0.25, 0.3) is 0 Å². The predicted octanol–water partition coefficient (Wildman–Crippen LogP) is -4.25. The van der Waals surface area contributed by atoms with Gasteiger partial charge < -0.3 is 20.1 Å². The number of thioether (sulfide) groups is 1. The number of carboxylic acid groups (broad SMARTS) is 1. The normalized spacial score (nSPS) is 25.7. The summed E-state index contributed by atoms with van der Waals surface area (Å²) in [6.07, 6.45) is 0.200. The molecule has 22 heavy (non-hydrogen) atoms. The van der Waals surface area contributed by atoms with E-state index in [-0.39, 0.29) is 59.7 Å². The maximum atomic E-state index is 11.9. The van der Waals surface area contributed by atoms with Crippen LogP contribution in [0, 0.1) is 0 Å². The molecule has 1 unspecified atom stereocenters. The molecule has 0 radical (unpaired) electrons.